The summed E-state index contributed by atoms with van der Waals surface area (Å²) in [5.41, 5.74) is 8.69. The number of fused-ring (bicyclic) bond motifs is 3. The van der Waals surface area contributed by atoms with E-state index < -0.39 is 6.43 Å². The van der Waals surface area contributed by atoms with E-state index in [4.69, 9.17) is 5.73 Å². The quantitative estimate of drug-likeness (QED) is 0.550. The second-order valence-electron chi connectivity index (χ2n) is 5.64. The molecule has 2 N–H and O–H groups in total. The van der Waals surface area contributed by atoms with Gasteiger partial charge in [0.05, 0.1) is 15.9 Å². The first-order chi connectivity index (χ1) is 12.1. The van der Waals surface area contributed by atoms with E-state index in [0.717, 1.165) is 21.5 Å². The van der Waals surface area contributed by atoms with E-state index in [2.05, 4.69) is 4.98 Å². The Bertz CT molecular complexity index is 1100. The van der Waals surface area contributed by atoms with Gasteiger partial charge in [0, 0.05) is 29.4 Å². The summed E-state index contributed by atoms with van der Waals surface area (Å²) in [7, 11) is 0. The highest BCUT2D eigenvalue weighted by molar-refractivity contribution is 7.23. The molecule has 7 heteroatoms. The molecule has 25 heavy (non-hydrogen) atoms. The standard InChI is InChI=1S/C18H13F2N3OS/c19-17(20)13-6-11(2-3-12(13)7-21)14-8-23-15-4-1-10(9-24)5-16(15)25-18(23)22-14/h1-6,8-9,17H,7,21H2. The molecule has 4 nitrogen and oxygen atoms in total. The van der Waals surface area contributed by atoms with Crippen molar-refractivity contribution in [1.29, 1.82) is 0 Å². The summed E-state index contributed by atoms with van der Waals surface area (Å²) in [5.74, 6) is 0. The summed E-state index contributed by atoms with van der Waals surface area (Å²) >= 11 is 1.45. The van der Waals surface area contributed by atoms with Gasteiger partial charge in [-0.2, -0.15) is 0 Å². The maximum atomic E-state index is 13.2. The fraction of sp³-hybridized carbons (Fsp3) is 0.111. The molecular formula is C18H13F2N3OS. The lowest BCUT2D eigenvalue weighted by molar-refractivity contribution is 0.112. The van der Waals surface area contributed by atoms with Crippen molar-refractivity contribution >= 4 is 32.8 Å². The smallest absolute Gasteiger partial charge is 0.264 e. The lowest BCUT2D eigenvalue weighted by atomic mass is 10.0. The Balaban J connectivity index is 1.84. The molecule has 2 aromatic heterocycles. The Morgan fingerprint density at radius 2 is 2.08 bits per heavy atom. The van der Waals surface area contributed by atoms with Gasteiger partial charge in [-0.25, -0.2) is 13.8 Å². The van der Waals surface area contributed by atoms with Crippen molar-refractivity contribution in [2.45, 2.75) is 13.0 Å². The van der Waals surface area contributed by atoms with Gasteiger partial charge in [0.15, 0.2) is 4.96 Å². The summed E-state index contributed by atoms with van der Waals surface area (Å²) < 4.78 is 29.3. The number of rotatable bonds is 4. The van der Waals surface area contributed by atoms with E-state index in [1.54, 1.807) is 18.2 Å². The molecule has 4 rings (SSSR count). The molecule has 0 aliphatic carbocycles. The SMILES string of the molecule is NCc1ccc(-c2cn3c(n2)sc2cc(C=O)ccc23)cc1C(F)F. The van der Waals surface area contributed by atoms with Gasteiger partial charge in [-0.05, 0) is 29.8 Å². The van der Waals surface area contributed by atoms with Crippen molar-refractivity contribution in [3.8, 4) is 11.3 Å². The number of aldehydes is 1. The van der Waals surface area contributed by atoms with Gasteiger partial charge in [0.25, 0.3) is 6.43 Å². The molecule has 0 fully saturated rings. The fourth-order valence-electron chi connectivity index (χ4n) is 2.87. The van der Waals surface area contributed by atoms with Crippen molar-refractivity contribution in [1.82, 2.24) is 9.38 Å². The molecule has 0 radical (unpaired) electrons. The minimum atomic E-state index is -2.58. The van der Waals surface area contributed by atoms with Crippen LogP contribution in [0.4, 0.5) is 8.78 Å². The highest BCUT2D eigenvalue weighted by Gasteiger charge is 2.16. The number of carbonyl (C=O) groups excluding carboxylic acids is 1. The van der Waals surface area contributed by atoms with E-state index in [1.807, 2.05) is 22.7 Å². The molecule has 0 aliphatic heterocycles. The normalized spacial score (nSPS) is 11.7. The zero-order valence-electron chi connectivity index (χ0n) is 12.9. The molecule has 0 spiro atoms. The topological polar surface area (TPSA) is 60.4 Å². The third kappa shape index (κ3) is 2.61. The Labute approximate surface area is 145 Å². The third-order valence-electron chi connectivity index (χ3n) is 4.15. The number of thiazole rings is 1. The van der Waals surface area contributed by atoms with Crippen molar-refractivity contribution < 1.29 is 13.6 Å². The number of nitrogens with two attached hydrogens (primary N) is 1. The van der Waals surface area contributed by atoms with E-state index in [9.17, 15) is 13.6 Å². The first-order valence-electron chi connectivity index (χ1n) is 7.59. The second-order valence-corrected chi connectivity index (χ2v) is 6.65. The number of aromatic nitrogens is 2. The number of hydrogen-bond acceptors (Lipinski definition) is 4. The Morgan fingerprint density at radius 1 is 1.24 bits per heavy atom. The van der Waals surface area contributed by atoms with Gasteiger partial charge in [-0.3, -0.25) is 9.20 Å². The highest BCUT2D eigenvalue weighted by Crippen LogP contribution is 2.32. The molecular weight excluding hydrogens is 344 g/mol. The number of carbonyl (C=O) groups is 1. The first-order valence-corrected chi connectivity index (χ1v) is 8.40. The molecule has 0 amide bonds. The zero-order valence-corrected chi connectivity index (χ0v) is 13.8. The van der Waals surface area contributed by atoms with Crippen LogP contribution in [0, 0.1) is 0 Å². The summed E-state index contributed by atoms with van der Waals surface area (Å²) in [5, 5.41) is 0. The van der Waals surface area contributed by atoms with Gasteiger partial charge < -0.3 is 5.73 Å². The van der Waals surface area contributed by atoms with Crippen LogP contribution in [0.1, 0.15) is 27.9 Å². The van der Waals surface area contributed by atoms with Crippen LogP contribution in [-0.4, -0.2) is 15.7 Å². The minimum absolute atomic E-state index is 0.0585. The van der Waals surface area contributed by atoms with Crippen LogP contribution < -0.4 is 5.73 Å². The predicted octanol–water partition coefficient (Wildman–Crippen LogP) is 4.42. The summed E-state index contributed by atoms with van der Waals surface area (Å²) in [6.07, 6.45) is 0.0458. The van der Waals surface area contributed by atoms with Crippen LogP contribution in [0.2, 0.25) is 0 Å². The Kier molecular flexibility index (Phi) is 3.82. The predicted molar refractivity (Wildman–Crippen MR) is 94.2 cm³/mol. The third-order valence-corrected chi connectivity index (χ3v) is 5.17. The van der Waals surface area contributed by atoms with Gasteiger partial charge >= 0.3 is 0 Å². The largest absolute Gasteiger partial charge is 0.326 e. The van der Waals surface area contributed by atoms with Crippen LogP contribution in [0.15, 0.2) is 42.6 Å². The lowest BCUT2D eigenvalue weighted by Gasteiger charge is -2.08. The van der Waals surface area contributed by atoms with E-state index in [0.29, 0.717) is 22.4 Å². The summed E-state index contributed by atoms with van der Waals surface area (Å²) in [6.45, 7) is 0.0714. The molecule has 4 aromatic rings. The monoisotopic (exact) mass is 357 g/mol. The number of imidazole rings is 1. The maximum Gasteiger partial charge on any atom is 0.264 e. The van der Waals surface area contributed by atoms with E-state index >= 15 is 0 Å². The molecule has 0 bridgehead atoms. The number of halogens is 2. The molecule has 0 aliphatic rings. The van der Waals surface area contributed by atoms with Gasteiger partial charge in [-0.1, -0.05) is 23.5 Å². The van der Waals surface area contributed by atoms with Crippen molar-refractivity contribution in [3.63, 3.8) is 0 Å². The van der Waals surface area contributed by atoms with E-state index in [1.165, 1.54) is 17.4 Å². The molecule has 126 valence electrons. The minimum Gasteiger partial charge on any atom is -0.326 e. The molecule has 0 saturated heterocycles. The average molecular weight is 357 g/mol. The number of benzene rings is 2. The number of alkyl halides is 2. The van der Waals surface area contributed by atoms with Crippen molar-refractivity contribution in [3.05, 3.63) is 59.3 Å². The van der Waals surface area contributed by atoms with Crippen LogP contribution in [0.5, 0.6) is 0 Å². The Hall–Kier alpha value is -2.64. The van der Waals surface area contributed by atoms with E-state index in [-0.39, 0.29) is 12.1 Å². The second kappa shape index (κ2) is 6.02. The van der Waals surface area contributed by atoms with Crippen molar-refractivity contribution in [2.75, 3.05) is 0 Å². The van der Waals surface area contributed by atoms with Gasteiger partial charge in [0.1, 0.15) is 6.29 Å². The van der Waals surface area contributed by atoms with Crippen LogP contribution in [0.3, 0.4) is 0 Å². The molecule has 0 atom stereocenters. The van der Waals surface area contributed by atoms with Crippen molar-refractivity contribution in [2.24, 2.45) is 5.73 Å². The molecule has 2 aromatic carbocycles. The maximum absolute atomic E-state index is 13.2. The number of hydrogen-bond donors (Lipinski definition) is 1. The van der Waals surface area contributed by atoms with Crippen LogP contribution >= 0.6 is 11.3 Å². The van der Waals surface area contributed by atoms with Gasteiger partial charge in [-0.15, -0.1) is 0 Å². The van der Waals surface area contributed by atoms with Crippen LogP contribution in [-0.2, 0) is 6.54 Å². The molecule has 2 heterocycles. The molecule has 0 unspecified atom stereocenters. The summed E-state index contributed by atoms with van der Waals surface area (Å²) in [6, 6.07) is 10.2. The fourth-order valence-corrected chi connectivity index (χ4v) is 3.93. The molecule has 0 saturated carbocycles. The zero-order chi connectivity index (χ0) is 17.6. The van der Waals surface area contributed by atoms with Crippen LogP contribution in [0.25, 0.3) is 26.4 Å². The Morgan fingerprint density at radius 3 is 2.80 bits per heavy atom. The van der Waals surface area contributed by atoms with Gasteiger partial charge in [0.2, 0.25) is 0 Å². The lowest BCUT2D eigenvalue weighted by Crippen LogP contribution is -2.02. The number of nitrogens with zero attached hydrogens (tertiary/aromatic N) is 2. The highest BCUT2D eigenvalue weighted by atomic mass is 32.1. The first kappa shape index (κ1) is 15.9. The summed E-state index contributed by atoms with van der Waals surface area (Å²) in [4.78, 5) is 16.2. The average Bonchev–Trinajstić information content (AvgIpc) is 3.18.